The van der Waals surface area contributed by atoms with Crippen molar-refractivity contribution in [2.75, 3.05) is 26.2 Å². The fourth-order valence-electron chi connectivity index (χ4n) is 2.79. The minimum Gasteiger partial charge on any atom is -0.316 e. The van der Waals surface area contributed by atoms with E-state index in [1.807, 2.05) is 0 Å². The Bertz CT molecular complexity index is 601. The van der Waals surface area contributed by atoms with Crippen molar-refractivity contribution < 1.29 is 12.8 Å². The normalized spacial score (nSPS) is 26.3. The standard InChI is InChI=1S/C12H14BrFN2O2S.ClH/c13-11-3-10(1-2-12(11)14)19(17,18)16-6-8-4-15-5-9(8)7-16;/h1-3,8-9,15H,4-7H2;1H/t8-,9+;. The van der Waals surface area contributed by atoms with Crippen LogP contribution in [0.3, 0.4) is 0 Å². The molecule has 2 fully saturated rings. The molecule has 2 saturated heterocycles. The maximum atomic E-state index is 13.2. The second kappa shape index (κ2) is 5.88. The van der Waals surface area contributed by atoms with Crippen LogP contribution in [-0.4, -0.2) is 38.9 Å². The van der Waals surface area contributed by atoms with E-state index in [1.165, 1.54) is 22.5 Å². The highest BCUT2D eigenvalue weighted by atomic mass is 79.9. The minimum absolute atomic E-state index is 0. The van der Waals surface area contributed by atoms with Crippen molar-refractivity contribution in [1.82, 2.24) is 9.62 Å². The van der Waals surface area contributed by atoms with Crippen LogP contribution in [0.4, 0.5) is 4.39 Å². The maximum Gasteiger partial charge on any atom is 0.243 e. The van der Waals surface area contributed by atoms with Crippen molar-refractivity contribution in [2.45, 2.75) is 4.90 Å². The second-order valence-corrected chi connectivity index (χ2v) is 7.87. The SMILES string of the molecule is Cl.O=S(=O)(c1ccc(F)c(Br)c1)N1C[C@H]2CNC[C@H]2C1. The molecule has 1 N–H and O–H groups in total. The third-order valence-corrected chi connectivity index (χ3v) is 6.32. The van der Waals surface area contributed by atoms with E-state index in [0.717, 1.165) is 13.1 Å². The first-order chi connectivity index (χ1) is 8.98. The molecule has 0 bridgehead atoms. The predicted octanol–water partition coefficient (Wildman–Crippen LogP) is 1.85. The molecule has 1 aromatic rings. The van der Waals surface area contributed by atoms with E-state index in [2.05, 4.69) is 21.2 Å². The summed E-state index contributed by atoms with van der Waals surface area (Å²) in [6.45, 7) is 2.86. The molecule has 3 rings (SSSR count). The van der Waals surface area contributed by atoms with E-state index in [-0.39, 0.29) is 21.8 Å². The number of nitrogens with zero attached hydrogens (tertiary/aromatic N) is 1. The van der Waals surface area contributed by atoms with Crippen LogP contribution in [0.2, 0.25) is 0 Å². The van der Waals surface area contributed by atoms with Gasteiger partial charge in [-0.25, -0.2) is 12.8 Å². The summed E-state index contributed by atoms with van der Waals surface area (Å²) in [7, 11) is -3.51. The van der Waals surface area contributed by atoms with Crippen LogP contribution < -0.4 is 5.32 Å². The van der Waals surface area contributed by atoms with Crippen molar-refractivity contribution >= 4 is 38.4 Å². The van der Waals surface area contributed by atoms with Gasteiger partial charge in [0.05, 0.1) is 9.37 Å². The van der Waals surface area contributed by atoms with Gasteiger partial charge >= 0.3 is 0 Å². The topological polar surface area (TPSA) is 49.4 Å². The Hall–Kier alpha value is -0.210. The van der Waals surface area contributed by atoms with Crippen LogP contribution in [0.25, 0.3) is 0 Å². The van der Waals surface area contributed by atoms with Crippen molar-refractivity contribution in [2.24, 2.45) is 11.8 Å². The highest BCUT2D eigenvalue weighted by Gasteiger charge is 2.41. The molecule has 0 radical (unpaired) electrons. The first-order valence-electron chi connectivity index (χ1n) is 6.14. The Morgan fingerprint density at radius 1 is 1.25 bits per heavy atom. The summed E-state index contributed by atoms with van der Waals surface area (Å²) in [5.74, 6) is 0.346. The molecule has 4 nitrogen and oxygen atoms in total. The van der Waals surface area contributed by atoms with Crippen molar-refractivity contribution in [3.8, 4) is 0 Å². The number of nitrogens with one attached hydrogen (secondary N) is 1. The zero-order valence-electron chi connectivity index (χ0n) is 10.6. The molecule has 2 heterocycles. The van der Waals surface area contributed by atoms with Gasteiger partial charge in [0.1, 0.15) is 5.82 Å². The Morgan fingerprint density at radius 3 is 2.40 bits per heavy atom. The number of hydrogen-bond acceptors (Lipinski definition) is 3. The van der Waals surface area contributed by atoms with E-state index in [4.69, 9.17) is 0 Å². The lowest BCUT2D eigenvalue weighted by Gasteiger charge is -2.17. The van der Waals surface area contributed by atoms with Gasteiger partial charge in [-0.3, -0.25) is 0 Å². The van der Waals surface area contributed by atoms with Gasteiger partial charge in [-0.1, -0.05) is 0 Å². The van der Waals surface area contributed by atoms with Gasteiger partial charge < -0.3 is 5.32 Å². The third-order valence-electron chi connectivity index (χ3n) is 3.88. The molecule has 2 aliphatic heterocycles. The zero-order valence-corrected chi connectivity index (χ0v) is 13.8. The molecular weight excluding hydrogens is 371 g/mol. The number of hydrogen-bond donors (Lipinski definition) is 1. The number of fused-ring (bicyclic) bond motifs is 1. The molecule has 1 aromatic carbocycles. The monoisotopic (exact) mass is 384 g/mol. The van der Waals surface area contributed by atoms with E-state index in [9.17, 15) is 12.8 Å². The molecule has 8 heteroatoms. The Labute approximate surface area is 132 Å². The molecule has 2 aliphatic rings. The lowest BCUT2D eigenvalue weighted by Crippen LogP contribution is -2.32. The quantitative estimate of drug-likeness (QED) is 0.845. The van der Waals surface area contributed by atoms with Crippen LogP contribution in [0.5, 0.6) is 0 Å². The van der Waals surface area contributed by atoms with Crippen LogP contribution >= 0.6 is 28.3 Å². The Balaban J connectivity index is 0.00000147. The number of benzene rings is 1. The van der Waals surface area contributed by atoms with Crippen molar-refractivity contribution in [3.05, 3.63) is 28.5 Å². The molecule has 0 aromatic heterocycles. The van der Waals surface area contributed by atoms with Gasteiger partial charge in [-0.2, -0.15) is 4.31 Å². The predicted molar refractivity (Wildman–Crippen MR) is 80.0 cm³/mol. The molecular formula is C12H15BrClFN2O2S. The average Bonchev–Trinajstić information content (AvgIpc) is 2.93. The highest BCUT2D eigenvalue weighted by molar-refractivity contribution is 9.10. The largest absolute Gasteiger partial charge is 0.316 e. The number of sulfonamides is 1. The number of halogens is 3. The van der Waals surface area contributed by atoms with E-state index in [0.29, 0.717) is 24.9 Å². The molecule has 112 valence electrons. The minimum atomic E-state index is -3.51. The average molecular weight is 386 g/mol. The lowest BCUT2D eigenvalue weighted by atomic mass is 10.0. The van der Waals surface area contributed by atoms with Gasteiger partial charge in [0.15, 0.2) is 0 Å². The van der Waals surface area contributed by atoms with Gasteiger partial charge in [-0.05, 0) is 59.1 Å². The molecule has 0 unspecified atom stereocenters. The Kier molecular flexibility index (Phi) is 4.76. The molecule has 0 spiro atoms. The summed E-state index contributed by atoms with van der Waals surface area (Å²) in [5.41, 5.74) is 0. The zero-order chi connectivity index (χ0) is 13.6. The summed E-state index contributed by atoms with van der Waals surface area (Å²) in [5, 5.41) is 3.27. The van der Waals surface area contributed by atoms with Gasteiger partial charge in [0.2, 0.25) is 10.0 Å². The molecule has 0 amide bonds. The highest BCUT2D eigenvalue weighted by Crippen LogP contribution is 2.31. The van der Waals surface area contributed by atoms with Crippen LogP contribution in [0, 0.1) is 17.7 Å². The first kappa shape index (κ1) is 16.2. The van der Waals surface area contributed by atoms with Crippen molar-refractivity contribution in [1.29, 1.82) is 0 Å². The van der Waals surface area contributed by atoms with Crippen LogP contribution in [-0.2, 0) is 10.0 Å². The Morgan fingerprint density at radius 2 is 1.85 bits per heavy atom. The summed E-state index contributed by atoms with van der Waals surface area (Å²) < 4.78 is 39.9. The fourth-order valence-corrected chi connectivity index (χ4v) is 4.91. The smallest absolute Gasteiger partial charge is 0.243 e. The maximum absolute atomic E-state index is 13.2. The number of rotatable bonds is 2. The molecule has 0 saturated carbocycles. The first-order valence-corrected chi connectivity index (χ1v) is 8.37. The summed E-state index contributed by atoms with van der Waals surface area (Å²) >= 11 is 3.03. The van der Waals surface area contributed by atoms with Crippen LogP contribution in [0.1, 0.15) is 0 Å². The summed E-state index contributed by atoms with van der Waals surface area (Å²) in [4.78, 5) is 0.147. The van der Waals surface area contributed by atoms with Gasteiger partial charge in [0.25, 0.3) is 0 Å². The van der Waals surface area contributed by atoms with Crippen molar-refractivity contribution in [3.63, 3.8) is 0 Å². The van der Waals surface area contributed by atoms with E-state index >= 15 is 0 Å². The van der Waals surface area contributed by atoms with E-state index < -0.39 is 15.8 Å². The summed E-state index contributed by atoms with van der Waals surface area (Å²) in [6.07, 6.45) is 0. The van der Waals surface area contributed by atoms with Crippen LogP contribution in [0.15, 0.2) is 27.6 Å². The van der Waals surface area contributed by atoms with Gasteiger partial charge in [-0.15, -0.1) is 12.4 Å². The molecule has 0 aliphatic carbocycles. The second-order valence-electron chi connectivity index (χ2n) is 5.08. The molecule has 20 heavy (non-hydrogen) atoms. The molecule has 2 atom stereocenters. The third kappa shape index (κ3) is 2.74. The summed E-state index contributed by atoms with van der Waals surface area (Å²) in [6, 6.07) is 3.83. The van der Waals surface area contributed by atoms with Gasteiger partial charge in [0, 0.05) is 13.1 Å². The van der Waals surface area contributed by atoms with E-state index in [1.54, 1.807) is 0 Å². The lowest BCUT2D eigenvalue weighted by molar-refractivity contribution is 0.448. The fraction of sp³-hybridized carbons (Fsp3) is 0.500.